The summed E-state index contributed by atoms with van der Waals surface area (Å²) in [5.74, 6) is -0.826. The summed E-state index contributed by atoms with van der Waals surface area (Å²) in [7, 11) is 0. The largest absolute Gasteiger partial charge is 0.478 e. The second-order valence-corrected chi connectivity index (χ2v) is 6.76. The van der Waals surface area contributed by atoms with Gasteiger partial charge in [-0.25, -0.2) is 9.78 Å². The summed E-state index contributed by atoms with van der Waals surface area (Å²) >= 11 is 0. The van der Waals surface area contributed by atoms with E-state index in [4.69, 9.17) is 5.11 Å². The van der Waals surface area contributed by atoms with Crippen molar-refractivity contribution in [3.63, 3.8) is 0 Å². The minimum absolute atomic E-state index is 0.186. The van der Waals surface area contributed by atoms with Crippen LogP contribution in [-0.2, 0) is 11.3 Å². The number of imidazole rings is 1. The van der Waals surface area contributed by atoms with Gasteiger partial charge in [-0.1, -0.05) is 54.6 Å². The summed E-state index contributed by atoms with van der Waals surface area (Å²) in [6.07, 6.45) is 1.70. The number of amides is 1. The highest BCUT2D eigenvalue weighted by atomic mass is 16.4. The van der Waals surface area contributed by atoms with Crippen LogP contribution < -0.4 is 5.32 Å². The smallest absolute Gasteiger partial charge is 0.335 e. The van der Waals surface area contributed by atoms with Crippen LogP contribution in [0.2, 0.25) is 0 Å². The van der Waals surface area contributed by atoms with Gasteiger partial charge in [-0.15, -0.1) is 0 Å². The number of aromatic amines is 1. The second kappa shape index (κ2) is 8.45. The first-order valence-electron chi connectivity index (χ1n) is 9.42. The average molecular weight is 397 g/mol. The van der Waals surface area contributed by atoms with E-state index in [-0.39, 0.29) is 11.5 Å². The Hall–Kier alpha value is -4.19. The van der Waals surface area contributed by atoms with E-state index in [2.05, 4.69) is 15.3 Å². The minimum atomic E-state index is -0.997. The van der Waals surface area contributed by atoms with E-state index in [0.29, 0.717) is 23.5 Å². The molecule has 0 saturated heterocycles. The van der Waals surface area contributed by atoms with Gasteiger partial charge in [0.2, 0.25) is 0 Å². The van der Waals surface area contributed by atoms with Gasteiger partial charge >= 0.3 is 5.97 Å². The number of carboxylic acids is 1. The van der Waals surface area contributed by atoms with E-state index in [0.717, 1.165) is 16.6 Å². The monoisotopic (exact) mass is 397 g/mol. The van der Waals surface area contributed by atoms with E-state index in [1.165, 1.54) is 12.1 Å². The Bertz CT molecular complexity index is 1190. The molecular formula is C24H19N3O3. The maximum absolute atomic E-state index is 13.0. The summed E-state index contributed by atoms with van der Waals surface area (Å²) in [5, 5.41) is 12.0. The van der Waals surface area contributed by atoms with Crippen LogP contribution in [0.4, 0.5) is 0 Å². The molecule has 0 bridgehead atoms. The number of hydrogen-bond donors (Lipinski definition) is 3. The van der Waals surface area contributed by atoms with E-state index in [1.54, 1.807) is 18.2 Å². The number of carbonyl (C=O) groups excluding carboxylic acids is 1. The van der Waals surface area contributed by atoms with Crippen molar-refractivity contribution in [1.29, 1.82) is 0 Å². The Morgan fingerprint density at radius 3 is 2.33 bits per heavy atom. The number of para-hydroxylation sites is 2. The summed E-state index contributed by atoms with van der Waals surface area (Å²) in [6, 6.07) is 23.5. The maximum atomic E-state index is 13.0. The number of fused-ring (bicyclic) bond motifs is 1. The van der Waals surface area contributed by atoms with Gasteiger partial charge in [-0.05, 0) is 41.5 Å². The third-order valence-electron chi connectivity index (χ3n) is 4.65. The van der Waals surface area contributed by atoms with Gasteiger partial charge in [-0.3, -0.25) is 4.79 Å². The van der Waals surface area contributed by atoms with Crippen LogP contribution in [-0.4, -0.2) is 27.0 Å². The van der Waals surface area contributed by atoms with Gasteiger partial charge in [-0.2, -0.15) is 0 Å². The van der Waals surface area contributed by atoms with Gasteiger partial charge in [0.15, 0.2) is 0 Å². The molecule has 0 unspecified atom stereocenters. The number of rotatable bonds is 6. The van der Waals surface area contributed by atoms with Crippen molar-refractivity contribution in [1.82, 2.24) is 15.3 Å². The molecule has 3 N–H and O–H groups in total. The molecule has 0 aliphatic heterocycles. The van der Waals surface area contributed by atoms with Crippen molar-refractivity contribution in [2.75, 3.05) is 0 Å². The van der Waals surface area contributed by atoms with Crippen LogP contribution in [0.15, 0.2) is 78.9 Å². The lowest BCUT2D eigenvalue weighted by atomic mass is 10.1. The van der Waals surface area contributed by atoms with Crippen LogP contribution in [0.25, 0.3) is 22.7 Å². The Morgan fingerprint density at radius 2 is 1.63 bits per heavy atom. The summed E-state index contributed by atoms with van der Waals surface area (Å²) in [6.45, 7) is 0.384. The maximum Gasteiger partial charge on any atom is 0.335 e. The Balaban J connectivity index is 1.68. The van der Waals surface area contributed by atoms with Gasteiger partial charge < -0.3 is 15.4 Å². The number of H-pyrrole nitrogens is 1. The predicted molar refractivity (Wildman–Crippen MR) is 116 cm³/mol. The SMILES string of the molecule is O=C(NCc1ccccc1)C(=Cc1ccc(C(=O)O)cc1)c1nc2ccccc2[nH]1. The highest BCUT2D eigenvalue weighted by molar-refractivity contribution is 6.23. The molecule has 1 amide bonds. The molecule has 0 aliphatic rings. The standard InChI is InChI=1S/C24H19N3O3/c28-23(25-15-17-6-2-1-3-7-17)19(14-16-10-12-18(13-11-16)24(29)30)22-26-20-8-4-5-9-21(20)27-22/h1-14H,15H2,(H,25,28)(H,26,27)(H,29,30). The topological polar surface area (TPSA) is 95.1 Å². The predicted octanol–water partition coefficient (Wildman–Crippen LogP) is 4.12. The summed E-state index contributed by atoms with van der Waals surface area (Å²) in [5.41, 5.74) is 3.83. The number of aromatic nitrogens is 2. The van der Waals surface area contributed by atoms with Crippen LogP contribution in [0.3, 0.4) is 0 Å². The van der Waals surface area contributed by atoms with Gasteiger partial charge in [0, 0.05) is 6.54 Å². The molecule has 0 aliphatic carbocycles. The normalized spacial score (nSPS) is 11.4. The number of benzene rings is 3. The molecule has 0 atom stereocenters. The lowest BCUT2D eigenvalue weighted by molar-refractivity contribution is -0.115. The fraction of sp³-hybridized carbons (Fsp3) is 0.0417. The van der Waals surface area contributed by atoms with Crippen LogP contribution >= 0.6 is 0 Å². The van der Waals surface area contributed by atoms with Crippen molar-refractivity contribution in [2.24, 2.45) is 0 Å². The molecule has 0 fully saturated rings. The molecule has 6 heteroatoms. The highest BCUT2D eigenvalue weighted by Gasteiger charge is 2.16. The van der Waals surface area contributed by atoms with Gasteiger partial charge in [0.25, 0.3) is 5.91 Å². The van der Waals surface area contributed by atoms with E-state index in [1.807, 2.05) is 54.6 Å². The molecule has 4 rings (SSSR count). The number of carbonyl (C=O) groups is 2. The van der Waals surface area contributed by atoms with Crippen LogP contribution in [0.5, 0.6) is 0 Å². The molecular weight excluding hydrogens is 378 g/mol. The summed E-state index contributed by atoms with van der Waals surface area (Å²) in [4.78, 5) is 31.9. The Labute approximate surface area is 172 Å². The zero-order valence-electron chi connectivity index (χ0n) is 16.0. The van der Waals surface area contributed by atoms with Crippen molar-refractivity contribution in [3.8, 4) is 0 Å². The van der Waals surface area contributed by atoms with Crippen molar-refractivity contribution in [2.45, 2.75) is 6.54 Å². The number of nitrogens with one attached hydrogen (secondary N) is 2. The van der Waals surface area contributed by atoms with Gasteiger partial charge in [0.1, 0.15) is 5.82 Å². The molecule has 148 valence electrons. The third-order valence-corrected chi connectivity index (χ3v) is 4.65. The zero-order chi connectivity index (χ0) is 20.9. The van der Waals surface area contributed by atoms with E-state index in [9.17, 15) is 9.59 Å². The van der Waals surface area contributed by atoms with Crippen molar-refractivity contribution in [3.05, 3.63) is 101 Å². The van der Waals surface area contributed by atoms with Gasteiger partial charge in [0.05, 0.1) is 22.2 Å². The Kier molecular flexibility index (Phi) is 5.39. The van der Waals surface area contributed by atoms with Crippen LogP contribution in [0.1, 0.15) is 27.3 Å². The first-order valence-corrected chi connectivity index (χ1v) is 9.42. The van der Waals surface area contributed by atoms with E-state index >= 15 is 0 Å². The first-order chi connectivity index (χ1) is 14.6. The van der Waals surface area contributed by atoms with Crippen LogP contribution in [0, 0.1) is 0 Å². The second-order valence-electron chi connectivity index (χ2n) is 6.76. The first kappa shape index (κ1) is 19.1. The molecule has 1 aromatic heterocycles. The quantitative estimate of drug-likeness (QED) is 0.427. The number of aromatic carboxylic acids is 1. The highest BCUT2D eigenvalue weighted by Crippen LogP contribution is 2.20. The fourth-order valence-electron chi connectivity index (χ4n) is 3.08. The molecule has 0 saturated carbocycles. The molecule has 6 nitrogen and oxygen atoms in total. The molecule has 1 heterocycles. The Morgan fingerprint density at radius 1 is 0.933 bits per heavy atom. The third kappa shape index (κ3) is 4.28. The molecule has 0 radical (unpaired) electrons. The minimum Gasteiger partial charge on any atom is -0.478 e. The average Bonchev–Trinajstić information content (AvgIpc) is 3.20. The number of carboxylic acid groups (broad SMARTS) is 1. The molecule has 3 aromatic carbocycles. The fourth-order valence-corrected chi connectivity index (χ4v) is 3.08. The molecule has 0 spiro atoms. The van der Waals surface area contributed by atoms with Crippen molar-refractivity contribution >= 4 is 34.6 Å². The molecule has 4 aromatic rings. The summed E-state index contributed by atoms with van der Waals surface area (Å²) < 4.78 is 0. The van der Waals surface area contributed by atoms with Crippen molar-refractivity contribution < 1.29 is 14.7 Å². The number of nitrogens with zero attached hydrogens (tertiary/aromatic N) is 1. The molecule has 30 heavy (non-hydrogen) atoms. The number of hydrogen-bond acceptors (Lipinski definition) is 3. The van der Waals surface area contributed by atoms with E-state index < -0.39 is 5.97 Å². The zero-order valence-corrected chi connectivity index (χ0v) is 16.0. The lowest BCUT2D eigenvalue weighted by Gasteiger charge is -2.08. The lowest BCUT2D eigenvalue weighted by Crippen LogP contribution is -2.24.